The number of rotatable bonds is 4. The summed E-state index contributed by atoms with van der Waals surface area (Å²) in [5.74, 6) is 0.522. The SMILES string of the molecule is COP(=O)(Oc1ccc(C)cc1)C1(C)CCN=N1. The highest BCUT2D eigenvalue weighted by molar-refractivity contribution is 7.56. The van der Waals surface area contributed by atoms with Crippen molar-refractivity contribution in [1.29, 1.82) is 0 Å². The van der Waals surface area contributed by atoms with Crippen LogP contribution in [0.15, 0.2) is 34.5 Å². The fourth-order valence-corrected chi connectivity index (χ4v) is 3.39. The maximum absolute atomic E-state index is 12.8. The molecule has 0 fully saturated rings. The molecule has 0 bridgehead atoms. The predicted octanol–water partition coefficient (Wildman–Crippen LogP) is 3.79. The zero-order valence-corrected chi connectivity index (χ0v) is 11.7. The Balaban J connectivity index is 2.26. The smallest absolute Gasteiger partial charge is 0.408 e. The van der Waals surface area contributed by atoms with Crippen LogP contribution in [0.3, 0.4) is 0 Å². The molecule has 2 unspecified atom stereocenters. The first-order valence-corrected chi connectivity index (χ1v) is 7.34. The van der Waals surface area contributed by atoms with Gasteiger partial charge in [-0.2, -0.15) is 10.2 Å². The molecule has 18 heavy (non-hydrogen) atoms. The summed E-state index contributed by atoms with van der Waals surface area (Å²) in [7, 11) is -1.97. The van der Waals surface area contributed by atoms with E-state index in [4.69, 9.17) is 9.05 Å². The van der Waals surface area contributed by atoms with Gasteiger partial charge in [0.2, 0.25) is 0 Å². The molecule has 0 amide bonds. The minimum absolute atomic E-state index is 0.522. The van der Waals surface area contributed by atoms with Crippen LogP contribution in [-0.4, -0.2) is 18.9 Å². The van der Waals surface area contributed by atoms with Crippen molar-refractivity contribution >= 4 is 7.60 Å². The Kier molecular flexibility index (Phi) is 3.55. The van der Waals surface area contributed by atoms with Gasteiger partial charge in [0.05, 0.1) is 6.54 Å². The third kappa shape index (κ3) is 2.33. The van der Waals surface area contributed by atoms with Gasteiger partial charge in [0.15, 0.2) is 5.28 Å². The van der Waals surface area contributed by atoms with Crippen LogP contribution in [0.4, 0.5) is 0 Å². The minimum atomic E-state index is -3.36. The lowest BCUT2D eigenvalue weighted by atomic mass is 10.2. The molecule has 0 saturated heterocycles. The number of hydrogen-bond acceptors (Lipinski definition) is 5. The van der Waals surface area contributed by atoms with Crippen molar-refractivity contribution in [3.63, 3.8) is 0 Å². The number of azo groups is 1. The van der Waals surface area contributed by atoms with Gasteiger partial charge in [-0.15, -0.1) is 0 Å². The van der Waals surface area contributed by atoms with E-state index in [9.17, 15) is 4.57 Å². The van der Waals surface area contributed by atoms with Crippen LogP contribution in [0.25, 0.3) is 0 Å². The summed E-state index contributed by atoms with van der Waals surface area (Å²) in [6, 6.07) is 7.34. The van der Waals surface area contributed by atoms with Crippen LogP contribution in [-0.2, 0) is 9.09 Å². The summed E-state index contributed by atoms with van der Waals surface area (Å²) in [5, 5.41) is 7.05. The summed E-state index contributed by atoms with van der Waals surface area (Å²) in [6.45, 7) is 4.29. The van der Waals surface area contributed by atoms with E-state index >= 15 is 0 Å². The monoisotopic (exact) mass is 268 g/mol. The summed E-state index contributed by atoms with van der Waals surface area (Å²) in [5.41, 5.74) is 1.11. The van der Waals surface area contributed by atoms with E-state index < -0.39 is 12.9 Å². The van der Waals surface area contributed by atoms with Gasteiger partial charge < -0.3 is 9.05 Å². The Labute approximate surface area is 107 Å². The second-order valence-corrected chi connectivity index (χ2v) is 7.02. The van der Waals surface area contributed by atoms with Gasteiger partial charge >= 0.3 is 7.60 Å². The van der Waals surface area contributed by atoms with Gasteiger partial charge in [0, 0.05) is 13.5 Å². The highest BCUT2D eigenvalue weighted by atomic mass is 31.2. The zero-order valence-electron chi connectivity index (χ0n) is 10.8. The zero-order chi connectivity index (χ0) is 13.2. The maximum atomic E-state index is 12.8. The summed E-state index contributed by atoms with van der Waals surface area (Å²) >= 11 is 0. The maximum Gasteiger partial charge on any atom is 0.408 e. The van der Waals surface area contributed by atoms with Gasteiger partial charge in [0.1, 0.15) is 5.75 Å². The molecular formula is C12H17N2O3P. The highest BCUT2D eigenvalue weighted by Crippen LogP contribution is 2.62. The van der Waals surface area contributed by atoms with E-state index in [1.54, 1.807) is 19.1 Å². The first-order chi connectivity index (χ1) is 8.49. The number of benzene rings is 1. The Morgan fingerprint density at radius 2 is 2.00 bits per heavy atom. The van der Waals surface area contributed by atoms with Crippen molar-refractivity contribution < 1.29 is 13.6 Å². The molecule has 0 saturated carbocycles. The molecule has 0 aromatic heterocycles. The lowest BCUT2D eigenvalue weighted by Crippen LogP contribution is -2.23. The van der Waals surface area contributed by atoms with Crippen LogP contribution < -0.4 is 4.52 Å². The number of nitrogens with zero attached hydrogens (tertiary/aromatic N) is 2. The molecular weight excluding hydrogens is 251 g/mol. The van der Waals surface area contributed by atoms with Crippen LogP contribution in [0, 0.1) is 6.92 Å². The van der Waals surface area contributed by atoms with Crippen molar-refractivity contribution in [2.75, 3.05) is 13.7 Å². The first-order valence-electron chi connectivity index (χ1n) is 5.80. The topological polar surface area (TPSA) is 60.2 Å². The van der Waals surface area contributed by atoms with E-state index in [0.717, 1.165) is 5.56 Å². The van der Waals surface area contributed by atoms with Crippen molar-refractivity contribution in [3.05, 3.63) is 29.8 Å². The third-order valence-electron chi connectivity index (χ3n) is 3.05. The van der Waals surface area contributed by atoms with Crippen molar-refractivity contribution in [1.82, 2.24) is 0 Å². The molecule has 5 nitrogen and oxygen atoms in total. The average molecular weight is 268 g/mol. The summed E-state index contributed by atoms with van der Waals surface area (Å²) in [4.78, 5) is 0. The van der Waals surface area contributed by atoms with Gasteiger partial charge in [-0.05, 0) is 26.0 Å². The molecule has 0 spiro atoms. The molecule has 0 N–H and O–H groups in total. The fourth-order valence-electron chi connectivity index (χ4n) is 1.78. The van der Waals surface area contributed by atoms with E-state index in [-0.39, 0.29) is 0 Å². The van der Waals surface area contributed by atoms with E-state index in [2.05, 4.69) is 10.2 Å². The molecule has 98 valence electrons. The number of aryl methyl sites for hydroxylation is 1. The van der Waals surface area contributed by atoms with E-state index in [1.807, 2.05) is 19.1 Å². The lowest BCUT2D eigenvalue weighted by Gasteiger charge is -2.28. The quantitative estimate of drug-likeness (QED) is 0.780. The third-order valence-corrected chi connectivity index (χ3v) is 5.47. The Bertz CT molecular complexity index is 501. The van der Waals surface area contributed by atoms with Crippen LogP contribution in [0.2, 0.25) is 0 Å². The highest BCUT2D eigenvalue weighted by Gasteiger charge is 2.50. The van der Waals surface area contributed by atoms with Crippen LogP contribution in [0.1, 0.15) is 18.9 Å². The molecule has 0 aliphatic carbocycles. The number of hydrogen-bond donors (Lipinski definition) is 0. The molecule has 1 aliphatic rings. The van der Waals surface area contributed by atoms with Crippen LogP contribution in [0.5, 0.6) is 5.75 Å². The van der Waals surface area contributed by atoms with Crippen molar-refractivity contribution in [2.45, 2.75) is 25.5 Å². The molecule has 1 heterocycles. The normalized spacial score (nSPS) is 25.9. The van der Waals surface area contributed by atoms with Gasteiger partial charge in [-0.3, -0.25) is 0 Å². The van der Waals surface area contributed by atoms with Crippen molar-refractivity contribution in [2.24, 2.45) is 10.2 Å². The van der Waals surface area contributed by atoms with E-state index in [0.29, 0.717) is 18.7 Å². The molecule has 1 aliphatic heterocycles. The summed E-state index contributed by atoms with van der Waals surface area (Å²) < 4.78 is 23.5. The first kappa shape index (κ1) is 13.2. The Morgan fingerprint density at radius 3 is 2.50 bits per heavy atom. The van der Waals surface area contributed by atoms with E-state index in [1.165, 1.54) is 7.11 Å². The Hall–Kier alpha value is -1.19. The molecule has 0 radical (unpaired) electrons. The molecule has 2 atom stereocenters. The molecule has 6 heteroatoms. The lowest BCUT2D eigenvalue weighted by molar-refractivity contribution is 0.291. The second kappa shape index (κ2) is 4.82. The molecule has 2 rings (SSSR count). The van der Waals surface area contributed by atoms with Gasteiger partial charge in [0.25, 0.3) is 0 Å². The van der Waals surface area contributed by atoms with Crippen LogP contribution >= 0.6 is 7.60 Å². The van der Waals surface area contributed by atoms with Gasteiger partial charge in [-0.1, -0.05) is 17.7 Å². The average Bonchev–Trinajstić information content (AvgIpc) is 2.81. The Morgan fingerprint density at radius 1 is 1.33 bits per heavy atom. The van der Waals surface area contributed by atoms with Crippen molar-refractivity contribution in [3.8, 4) is 5.75 Å². The summed E-state index contributed by atoms with van der Waals surface area (Å²) in [6.07, 6.45) is 0.573. The molecule has 1 aromatic rings. The minimum Gasteiger partial charge on any atom is -0.423 e. The fraction of sp³-hybridized carbons (Fsp3) is 0.500. The largest absolute Gasteiger partial charge is 0.423 e. The van der Waals surface area contributed by atoms with Gasteiger partial charge in [-0.25, -0.2) is 4.57 Å². The predicted molar refractivity (Wildman–Crippen MR) is 69.2 cm³/mol. The standard InChI is InChI=1S/C12H17N2O3P/c1-10-4-6-11(7-5-10)17-18(15,16-3)12(2)8-9-13-14-12/h4-7H,8-9H2,1-3H3. The second-order valence-electron chi connectivity index (χ2n) is 4.52. The molecule has 1 aromatic carbocycles.